The first kappa shape index (κ1) is 11.3. The van der Waals surface area contributed by atoms with Crippen LogP contribution in [0.15, 0.2) is 66.0 Å². The van der Waals surface area contributed by atoms with Gasteiger partial charge in [0.15, 0.2) is 5.82 Å². The van der Waals surface area contributed by atoms with Crippen LogP contribution in [-0.4, -0.2) is 16.2 Å². The zero-order chi connectivity index (χ0) is 12.9. The molecule has 0 atom stereocenters. The summed E-state index contributed by atoms with van der Waals surface area (Å²) in [4.78, 5) is 8.41. The number of hydrogen-bond donors (Lipinski definition) is 1. The summed E-state index contributed by atoms with van der Waals surface area (Å²) in [6, 6.07) is 17.7. The van der Waals surface area contributed by atoms with Gasteiger partial charge >= 0.3 is 0 Å². The molecule has 0 amide bonds. The molecule has 2 aromatic carbocycles. The number of aromatic nitrogens is 2. The average molecular weight is 248 g/mol. The minimum absolute atomic E-state index is 0.706. The van der Waals surface area contributed by atoms with Crippen LogP contribution in [0, 0.1) is 0 Å². The van der Waals surface area contributed by atoms with Crippen LogP contribution in [0.5, 0.6) is 0 Å². The van der Waals surface area contributed by atoms with Crippen molar-refractivity contribution in [3.05, 3.63) is 66.5 Å². The number of fused-ring (bicyclic) bond motifs is 1. The van der Waals surface area contributed by atoms with E-state index in [-0.39, 0.29) is 0 Å². The molecule has 3 rings (SSSR count). The van der Waals surface area contributed by atoms with Crippen molar-refractivity contribution in [3.63, 3.8) is 0 Å². The second kappa shape index (κ2) is 5.27. The van der Waals surface area contributed by atoms with Crippen LogP contribution in [-0.2, 0) is 0 Å². The molecule has 0 aliphatic carbocycles. The molecule has 0 aliphatic heterocycles. The molecule has 92 valence electrons. The molecule has 3 aromatic rings. The van der Waals surface area contributed by atoms with Gasteiger partial charge in [0.25, 0.3) is 0 Å². The van der Waals surface area contributed by atoms with Gasteiger partial charge in [-0.05, 0) is 17.7 Å². The first-order valence-corrected chi connectivity index (χ1v) is 5.97. The summed E-state index contributed by atoms with van der Waals surface area (Å²) in [7, 11) is 0. The maximum absolute atomic E-state index is 4.21. The first-order valence-electron chi connectivity index (χ1n) is 5.97. The molecule has 19 heavy (non-hydrogen) atoms. The molecule has 0 spiro atoms. The quantitative estimate of drug-likeness (QED) is 0.572. The summed E-state index contributed by atoms with van der Waals surface area (Å²) in [6.07, 6.45) is 3.29. The number of hydrogen-bond acceptors (Lipinski definition) is 4. The Balaban J connectivity index is 1.84. The summed E-state index contributed by atoms with van der Waals surface area (Å²) in [5.74, 6) is 0.706. The monoisotopic (exact) mass is 248 g/mol. The highest BCUT2D eigenvalue weighted by molar-refractivity contribution is 5.89. The Bertz CT molecular complexity index is 702. The smallest absolute Gasteiger partial charge is 0.157 e. The molecule has 0 bridgehead atoms. The Hall–Kier alpha value is -2.75. The van der Waals surface area contributed by atoms with E-state index in [4.69, 9.17) is 0 Å². The first-order chi connectivity index (χ1) is 9.43. The van der Waals surface area contributed by atoms with Gasteiger partial charge in [-0.15, -0.1) is 0 Å². The van der Waals surface area contributed by atoms with Gasteiger partial charge in [0.2, 0.25) is 0 Å². The predicted octanol–water partition coefficient (Wildman–Crippen LogP) is 3.08. The standard InChI is InChI=1S/C15H12N4/c1-2-6-12(7-3-1)10-18-19-15-13-8-4-5-9-14(13)16-11-17-15/h1-11H,(H,16,17,19)/b18-10-. The third-order valence-electron chi connectivity index (χ3n) is 2.73. The maximum atomic E-state index is 4.21. The fourth-order valence-corrected chi connectivity index (χ4v) is 1.80. The molecule has 0 radical (unpaired) electrons. The Morgan fingerprint density at radius 2 is 1.68 bits per heavy atom. The molecule has 0 unspecified atom stereocenters. The molecule has 1 heterocycles. The SMILES string of the molecule is C(=N/Nc1ncnc2ccccc12)/c1ccccc1. The number of nitrogens with zero attached hydrogens (tertiary/aromatic N) is 3. The summed E-state index contributed by atoms with van der Waals surface area (Å²) < 4.78 is 0. The van der Waals surface area contributed by atoms with Crippen LogP contribution in [0.4, 0.5) is 5.82 Å². The van der Waals surface area contributed by atoms with Crippen molar-refractivity contribution in [3.8, 4) is 0 Å². The van der Waals surface area contributed by atoms with Crippen molar-refractivity contribution in [2.45, 2.75) is 0 Å². The lowest BCUT2D eigenvalue weighted by atomic mass is 10.2. The number of nitrogens with one attached hydrogen (secondary N) is 1. The Morgan fingerprint density at radius 3 is 2.58 bits per heavy atom. The number of hydrazone groups is 1. The van der Waals surface area contributed by atoms with Gasteiger partial charge < -0.3 is 0 Å². The van der Waals surface area contributed by atoms with Crippen molar-refractivity contribution < 1.29 is 0 Å². The van der Waals surface area contributed by atoms with Crippen molar-refractivity contribution in [2.24, 2.45) is 5.10 Å². The van der Waals surface area contributed by atoms with Crippen LogP contribution < -0.4 is 5.43 Å². The van der Waals surface area contributed by atoms with Gasteiger partial charge in [-0.2, -0.15) is 5.10 Å². The predicted molar refractivity (Wildman–Crippen MR) is 77.2 cm³/mol. The van der Waals surface area contributed by atoms with E-state index < -0.39 is 0 Å². The third-order valence-corrected chi connectivity index (χ3v) is 2.73. The van der Waals surface area contributed by atoms with Crippen LogP contribution in [0.3, 0.4) is 0 Å². The number of rotatable bonds is 3. The lowest BCUT2D eigenvalue weighted by molar-refractivity contribution is 1.18. The molecule has 0 aliphatic rings. The topological polar surface area (TPSA) is 50.2 Å². The molecule has 1 aromatic heterocycles. The van der Waals surface area contributed by atoms with Crippen molar-refractivity contribution in [1.82, 2.24) is 9.97 Å². The Labute approximate surface area is 110 Å². The molecule has 0 saturated heterocycles. The Morgan fingerprint density at radius 1 is 0.895 bits per heavy atom. The molecule has 1 N–H and O–H groups in total. The van der Waals surface area contributed by atoms with E-state index in [2.05, 4.69) is 20.5 Å². The zero-order valence-electron chi connectivity index (χ0n) is 10.2. The second-order valence-corrected chi connectivity index (χ2v) is 4.02. The third kappa shape index (κ3) is 2.57. The number of anilines is 1. The van der Waals surface area contributed by atoms with Gasteiger partial charge in [-0.3, -0.25) is 5.43 Å². The van der Waals surface area contributed by atoms with Crippen LogP contribution in [0.25, 0.3) is 10.9 Å². The van der Waals surface area contributed by atoms with E-state index in [0.29, 0.717) is 5.82 Å². The second-order valence-electron chi connectivity index (χ2n) is 4.02. The molecule has 4 nitrogen and oxygen atoms in total. The summed E-state index contributed by atoms with van der Waals surface area (Å²) in [5.41, 5.74) is 4.89. The van der Waals surface area contributed by atoms with Gasteiger partial charge in [0, 0.05) is 5.39 Å². The number of para-hydroxylation sites is 1. The zero-order valence-corrected chi connectivity index (χ0v) is 10.2. The highest BCUT2D eigenvalue weighted by atomic mass is 15.3. The van der Waals surface area contributed by atoms with Crippen molar-refractivity contribution >= 4 is 22.9 Å². The molecule has 4 heteroatoms. The lowest BCUT2D eigenvalue weighted by Crippen LogP contribution is -1.95. The fraction of sp³-hybridized carbons (Fsp3) is 0. The molecular formula is C15H12N4. The fourth-order valence-electron chi connectivity index (χ4n) is 1.80. The maximum Gasteiger partial charge on any atom is 0.157 e. The molecule has 0 saturated carbocycles. The average Bonchev–Trinajstić information content (AvgIpc) is 2.49. The summed E-state index contributed by atoms with van der Waals surface area (Å²) >= 11 is 0. The largest absolute Gasteiger partial charge is 0.261 e. The normalized spacial score (nSPS) is 10.9. The van der Waals surface area contributed by atoms with Crippen molar-refractivity contribution in [2.75, 3.05) is 5.43 Å². The van der Waals surface area contributed by atoms with E-state index in [9.17, 15) is 0 Å². The van der Waals surface area contributed by atoms with E-state index >= 15 is 0 Å². The minimum atomic E-state index is 0.706. The van der Waals surface area contributed by atoms with Crippen LogP contribution in [0.2, 0.25) is 0 Å². The van der Waals surface area contributed by atoms with E-state index in [1.54, 1.807) is 6.21 Å². The van der Waals surface area contributed by atoms with E-state index in [0.717, 1.165) is 16.5 Å². The van der Waals surface area contributed by atoms with Gasteiger partial charge in [0.05, 0.1) is 11.7 Å². The van der Waals surface area contributed by atoms with Crippen LogP contribution >= 0.6 is 0 Å². The molecular weight excluding hydrogens is 236 g/mol. The molecule has 0 fully saturated rings. The summed E-state index contributed by atoms with van der Waals surface area (Å²) in [6.45, 7) is 0. The van der Waals surface area contributed by atoms with E-state index in [1.165, 1.54) is 6.33 Å². The highest BCUT2D eigenvalue weighted by Crippen LogP contribution is 2.17. The van der Waals surface area contributed by atoms with E-state index in [1.807, 2.05) is 54.6 Å². The highest BCUT2D eigenvalue weighted by Gasteiger charge is 2.00. The number of benzene rings is 2. The van der Waals surface area contributed by atoms with Gasteiger partial charge in [0.1, 0.15) is 6.33 Å². The minimum Gasteiger partial charge on any atom is -0.261 e. The Kier molecular flexibility index (Phi) is 3.14. The lowest BCUT2D eigenvalue weighted by Gasteiger charge is -2.03. The summed E-state index contributed by atoms with van der Waals surface area (Å²) in [5, 5.41) is 5.15. The van der Waals surface area contributed by atoms with Crippen molar-refractivity contribution in [1.29, 1.82) is 0 Å². The van der Waals surface area contributed by atoms with Gasteiger partial charge in [-0.25, -0.2) is 9.97 Å². The van der Waals surface area contributed by atoms with Crippen LogP contribution in [0.1, 0.15) is 5.56 Å². The van der Waals surface area contributed by atoms with Gasteiger partial charge in [-0.1, -0.05) is 42.5 Å².